The van der Waals surface area contributed by atoms with E-state index in [1.165, 1.54) is 6.42 Å². The normalized spacial score (nSPS) is 21.4. The number of pyridine rings is 1. The molecule has 1 saturated carbocycles. The van der Waals surface area contributed by atoms with Gasteiger partial charge in [-0.15, -0.1) is 0 Å². The molecule has 2 heterocycles. The number of aromatic hydroxyl groups is 1. The van der Waals surface area contributed by atoms with Crippen molar-refractivity contribution in [3.05, 3.63) is 46.6 Å². The van der Waals surface area contributed by atoms with E-state index < -0.39 is 6.10 Å². The Morgan fingerprint density at radius 2 is 1.92 bits per heavy atom. The molecule has 7 heteroatoms. The Kier molecular flexibility index (Phi) is 10.3. The number of anilines is 1. The lowest BCUT2D eigenvalue weighted by Gasteiger charge is -2.24. The summed E-state index contributed by atoms with van der Waals surface area (Å²) in [6.45, 7) is 2.33. The molecule has 1 aliphatic carbocycles. The van der Waals surface area contributed by atoms with Crippen LogP contribution < -0.4 is 10.5 Å². The zero-order valence-electron chi connectivity index (χ0n) is 22.5. The van der Waals surface area contributed by atoms with Crippen molar-refractivity contribution >= 4 is 5.82 Å². The largest absolute Gasteiger partial charge is 0.504 e. The van der Waals surface area contributed by atoms with Crippen LogP contribution in [0.1, 0.15) is 93.4 Å². The molecule has 0 bridgehead atoms. The van der Waals surface area contributed by atoms with Gasteiger partial charge in [0.1, 0.15) is 5.82 Å². The number of ether oxygens (including phenoxy) is 2. The first kappa shape index (κ1) is 28.2. The van der Waals surface area contributed by atoms with Gasteiger partial charge in [0.05, 0.1) is 31.5 Å². The number of aryl methyl sites for hydroxylation is 1. The quantitative estimate of drug-likeness (QED) is 0.360. The average molecular weight is 523 g/mol. The van der Waals surface area contributed by atoms with Crippen molar-refractivity contribution < 1.29 is 24.8 Å². The van der Waals surface area contributed by atoms with Crippen molar-refractivity contribution in [3.8, 4) is 23.3 Å². The number of aliphatic hydroxyl groups is 2. The SMILES string of the molecule is CC1C#Cc2cc(N)ncc2COC(CC(O)CCc2cc(OC3CCCCC3)c(O)cc2CO)CCC1. The first-order valence-electron chi connectivity index (χ1n) is 14.1. The van der Waals surface area contributed by atoms with E-state index in [9.17, 15) is 15.3 Å². The van der Waals surface area contributed by atoms with Gasteiger partial charge in [0, 0.05) is 23.2 Å². The Labute approximate surface area is 226 Å². The number of hydrogen-bond acceptors (Lipinski definition) is 7. The Hall–Kier alpha value is -2.79. The molecule has 3 unspecified atom stereocenters. The van der Waals surface area contributed by atoms with E-state index >= 15 is 0 Å². The van der Waals surface area contributed by atoms with Crippen LogP contribution in [0.15, 0.2) is 24.4 Å². The number of phenols is 1. The van der Waals surface area contributed by atoms with E-state index in [0.29, 0.717) is 43.0 Å². The summed E-state index contributed by atoms with van der Waals surface area (Å²) in [5.41, 5.74) is 9.18. The fourth-order valence-corrected chi connectivity index (χ4v) is 5.37. The molecule has 4 rings (SSSR count). The van der Waals surface area contributed by atoms with Gasteiger partial charge in [-0.25, -0.2) is 4.98 Å². The van der Waals surface area contributed by atoms with E-state index in [1.54, 1.807) is 18.3 Å². The number of phenolic OH excluding ortho intramolecular Hbond substituents is 1. The summed E-state index contributed by atoms with van der Waals surface area (Å²) in [4.78, 5) is 4.21. The highest BCUT2D eigenvalue weighted by Gasteiger charge is 2.21. The third kappa shape index (κ3) is 8.10. The minimum absolute atomic E-state index is 0.0597. The molecular weight excluding hydrogens is 480 g/mol. The van der Waals surface area contributed by atoms with Crippen LogP contribution in [-0.4, -0.2) is 38.6 Å². The third-order valence-corrected chi connectivity index (χ3v) is 7.68. The minimum Gasteiger partial charge on any atom is -0.504 e. The van der Waals surface area contributed by atoms with Crippen LogP contribution in [0, 0.1) is 17.8 Å². The number of aliphatic hydroxyl groups excluding tert-OH is 2. The third-order valence-electron chi connectivity index (χ3n) is 7.68. The number of benzene rings is 1. The van der Waals surface area contributed by atoms with Gasteiger partial charge in [0.15, 0.2) is 11.5 Å². The lowest BCUT2D eigenvalue weighted by Crippen LogP contribution is -2.22. The maximum absolute atomic E-state index is 11.0. The molecule has 1 fully saturated rings. The van der Waals surface area contributed by atoms with E-state index in [1.807, 2.05) is 6.07 Å². The number of aromatic nitrogens is 1. The summed E-state index contributed by atoms with van der Waals surface area (Å²) in [6.07, 6.45) is 11.1. The molecule has 0 spiro atoms. The molecule has 0 saturated heterocycles. The summed E-state index contributed by atoms with van der Waals surface area (Å²) in [6, 6.07) is 5.22. The molecule has 206 valence electrons. The lowest BCUT2D eigenvalue weighted by atomic mass is 9.96. The smallest absolute Gasteiger partial charge is 0.161 e. The van der Waals surface area contributed by atoms with Crippen molar-refractivity contribution in [2.24, 2.45) is 5.92 Å². The molecule has 1 aromatic heterocycles. The predicted octanol–water partition coefficient (Wildman–Crippen LogP) is 5.01. The van der Waals surface area contributed by atoms with Crippen LogP contribution >= 0.6 is 0 Å². The van der Waals surface area contributed by atoms with Gasteiger partial charge in [-0.2, -0.15) is 0 Å². The van der Waals surface area contributed by atoms with Crippen molar-refractivity contribution in [1.29, 1.82) is 0 Å². The maximum Gasteiger partial charge on any atom is 0.161 e. The second-order valence-electron chi connectivity index (χ2n) is 10.9. The molecular formula is C31H42N2O5. The monoisotopic (exact) mass is 522 g/mol. The number of rotatable bonds is 8. The molecule has 7 nitrogen and oxygen atoms in total. The van der Waals surface area contributed by atoms with E-state index in [-0.39, 0.29) is 30.5 Å². The molecule has 2 aliphatic rings. The highest BCUT2D eigenvalue weighted by atomic mass is 16.5. The Morgan fingerprint density at radius 1 is 1.11 bits per heavy atom. The molecule has 5 N–H and O–H groups in total. The fraction of sp³-hybridized carbons (Fsp3) is 0.581. The highest BCUT2D eigenvalue weighted by Crippen LogP contribution is 2.34. The van der Waals surface area contributed by atoms with Gasteiger partial charge in [-0.3, -0.25) is 0 Å². The van der Waals surface area contributed by atoms with Gasteiger partial charge in [0.2, 0.25) is 0 Å². The van der Waals surface area contributed by atoms with Crippen LogP contribution in [0.2, 0.25) is 0 Å². The first-order valence-corrected chi connectivity index (χ1v) is 14.1. The van der Waals surface area contributed by atoms with Crippen LogP contribution in [0.4, 0.5) is 5.82 Å². The van der Waals surface area contributed by atoms with E-state index in [2.05, 4.69) is 23.7 Å². The Bertz CT molecular complexity index is 1120. The Balaban J connectivity index is 1.38. The minimum atomic E-state index is -0.564. The van der Waals surface area contributed by atoms with Crippen molar-refractivity contribution in [3.63, 3.8) is 0 Å². The molecule has 3 atom stereocenters. The van der Waals surface area contributed by atoms with Gasteiger partial charge in [-0.1, -0.05) is 25.2 Å². The van der Waals surface area contributed by atoms with Gasteiger partial charge >= 0.3 is 0 Å². The van der Waals surface area contributed by atoms with Gasteiger partial charge in [0.25, 0.3) is 0 Å². The molecule has 1 aromatic carbocycles. The van der Waals surface area contributed by atoms with Crippen molar-refractivity contribution in [2.75, 3.05) is 5.73 Å². The zero-order valence-corrected chi connectivity index (χ0v) is 22.5. The van der Waals surface area contributed by atoms with Crippen molar-refractivity contribution in [2.45, 2.75) is 109 Å². The molecule has 0 radical (unpaired) electrons. The number of nitrogens with two attached hydrogens (primary N) is 1. The summed E-state index contributed by atoms with van der Waals surface area (Å²) < 4.78 is 12.4. The number of nitrogen functional groups attached to an aromatic ring is 1. The summed E-state index contributed by atoms with van der Waals surface area (Å²) in [5, 5.41) is 31.3. The summed E-state index contributed by atoms with van der Waals surface area (Å²) >= 11 is 0. The summed E-state index contributed by atoms with van der Waals surface area (Å²) in [7, 11) is 0. The first-order chi connectivity index (χ1) is 18.4. The molecule has 1 aliphatic heterocycles. The molecule has 2 aromatic rings. The second kappa shape index (κ2) is 13.8. The van der Waals surface area contributed by atoms with Crippen LogP contribution in [-0.2, 0) is 24.4 Å². The topological polar surface area (TPSA) is 118 Å². The molecule has 0 amide bonds. The predicted molar refractivity (Wildman–Crippen MR) is 148 cm³/mol. The summed E-state index contributed by atoms with van der Waals surface area (Å²) in [5.74, 6) is 7.79. The van der Waals surface area contributed by atoms with Gasteiger partial charge in [-0.05, 0) is 93.5 Å². The Morgan fingerprint density at radius 3 is 2.71 bits per heavy atom. The van der Waals surface area contributed by atoms with Crippen molar-refractivity contribution in [1.82, 2.24) is 4.98 Å². The number of fused-ring (bicyclic) bond motifs is 1. The highest BCUT2D eigenvalue weighted by molar-refractivity contribution is 5.47. The maximum atomic E-state index is 11.0. The van der Waals surface area contributed by atoms with Gasteiger partial charge < -0.3 is 30.5 Å². The number of hydrogen-bond donors (Lipinski definition) is 4. The van der Waals surface area contributed by atoms with E-state index in [4.69, 9.17) is 15.2 Å². The van der Waals surface area contributed by atoms with E-state index in [0.717, 1.165) is 61.6 Å². The zero-order chi connectivity index (χ0) is 26.9. The van der Waals surface area contributed by atoms with Crippen LogP contribution in [0.3, 0.4) is 0 Å². The lowest BCUT2D eigenvalue weighted by molar-refractivity contribution is -0.00377. The van der Waals surface area contributed by atoms with Crippen LogP contribution in [0.25, 0.3) is 0 Å². The molecule has 38 heavy (non-hydrogen) atoms. The number of nitrogens with zero attached hydrogens (tertiary/aromatic N) is 1. The fourth-order valence-electron chi connectivity index (χ4n) is 5.37. The van der Waals surface area contributed by atoms with Crippen LogP contribution in [0.5, 0.6) is 11.5 Å². The second-order valence-corrected chi connectivity index (χ2v) is 10.9. The standard InChI is InChI=1S/C31H42N2O5/c1-21-6-5-9-28(37-20-25-18-33-31(32)16-23(25)11-10-21)17-26(35)13-12-22-15-30(29(36)14-24(22)19-34)38-27-7-3-2-4-8-27/h14-16,18,21,26-28,34-36H,2-9,12-13,17,19-20H2,1H3,(H2,32,33). The average Bonchev–Trinajstić information content (AvgIpc) is 2.94.